The highest BCUT2D eigenvalue weighted by atomic mass is 16.6. The van der Waals surface area contributed by atoms with Crippen LogP contribution in [0.25, 0.3) is 10.9 Å². The van der Waals surface area contributed by atoms with E-state index < -0.39 is 0 Å². The molecule has 1 saturated carbocycles. The summed E-state index contributed by atoms with van der Waals surface area (Å²) >= 11 is 0. The molecule has 2 aliphatic heterocycles. The Hall–Kier alpha value is -2.35. The first-order chi connectivity index (χ1) is 16.8. The summed E-state index contributed by atoms with van der Waals surface area (Å²) < 4.78 is 29.6. The fraction of sp³-hybridized carbons (Fsp3) is 0.607. The number of hydrogen-bond acceptors (Lipinski definition) is 6. The van der Waals surface area contributed by atoms with Crippen LogP contribution in [0.1, 0.15) is 52.0 Å². The molecule has 2 saturated heterocycles. The van der Waals surface area contributed by atoms with Crippen molar-refractivity contribution < 1.29 is 28.5 Å². The smallest absolute Gasteiger partial charge is 0.306 e. The lowest BCUT2D eigenvalue weighted by Crippen LogP contribution is -2.55. The number of carbonyl (C=O) groups is 1. The van der Waals surface area contributed by atoms with E-state index in [1.807, 2.05) is 24.4 Å². The van der Waals surface area contributed by atoms with Crippen molar-refractivity contribution in [2.75, 3.05) is 20.8 Å². The molecule has 3 fully saturated rings. The van der Waals surface area contributed by atoms with Crippen molar-refractivity contribution in [2.24, 2.45) is 5.92 Å². The molecular formula is C28H37NO6. The molecule has 3 heterocycles. The number of rotatable bonds is 9. The number of hydrogen-bond donors (Lipinski definition) is 1. The van der Waals surface area contributed by atoms with Gasteiger partial charge in [-0.3, -0.25) is 4.79 Å². The second-order valence-electron chi connectivity index (χ2n) is 10.6. The zero-order valence-electron chi connectivity index (χ0n) is 21.4. The Bertz CT molecular complexity index is 1110. The zero-order valence-corrected chi connectivity index (χ0v) is 21.4. The van der Waals surface area contributed by atoms with Crippen molar-refractivity contribution in [1.82, 2.24) is 4.98 Å². The summed E-state index contributed by atoms with van der Waals surface area (Å²) in [5.74, 6) is 0.624. The van der Waals surface area contributed by atoms with Gasteiger partial charge >= 0.3 is 5.97 Å². The topological polar surface area (TPSA) is 85.6 Å². The molecule has 2 aromatic rings. The standard InChI is InChI=1S/C28H37NO6/c1-17(2)6-10-23-27(3,35-23)26-25(32-5)22(12-13-28(26)16-33-28)34-24(30)11-7-18-15-29-21-9-8-19(31-4)14-20(18)21/h6,8-9,14-15,22-23,25-26,29H,7,10-13,16H2,1-5H3/t22-,23-,25-,26-,27?,28+/m1/s1. The van der Waals surface area contributed by atoms with Crippen LogP contribution in [0.15, 0.2) is 36.0 Å². The maximum atomic E-state index is 12.9. The maximum Gasteiger partial charge on any atom is 0.306 e. The number of esters is 1. The first-order valence-corrected chi connectivity index (χ1v) is 12.6. The monoisotopic (exact) mass is 483 g/mol. The van der Waals surface area contributed by atoms with Gasteiger partial charge in [0.15, 0.2) is 0 Å². The average molecular weight is 484 g/mol. The lowest BCUT2D eigenvalue weighted by atomic mass is 9.68. The van der Waals surface area contributed by atoms with Gasteiger partial charge in [0.25, 0.3) is 0 Å². The minimum Gasteiger partial charge on any atom is -0.497 e. The Morgan fingerprint density at radius 1 is 1.29 bits per heavy atom. The minimum absolute atomic E-state index is 0.0307. The highest BCUT2D eigenvalue weighted by Crippen LogP contribution is 2.59. The van der Waals surface area contributed by atoms with Crippen LogP contribution in [0.3, 0.4) is 0 Å². The summed E-state index contributed by atoms with van der Waals surface area (Å²) in [6.45, 7) is 7.08. The summed E-state index contributed by atoms with van der Waals surface area (Å²) in [6.07, 6.45) is 7.12. The molecule has 6 atom stereocenters. The van der Waals surface area contributed by atoms with Crippen LogP contribution in [0.2, 0.25) is 0 Å². The zero-order chi connectivity index (χ0) is 24.8. The molecule has 0 radical (unpaired) electrons. The number of methoxy groups -OCH3 is 2. The largest absolute Gasteiger partial charge is 0.497 e. The molecule has 1 spiro atoms. The molecule has 7 nitrogen and oxygen atoms in total. The van der Waals surface area contributed by atoms with Crippen molar-refractivity contribution in [3.05, 3.63) is 41.6 Å². The van der Waals surface area contributed by atoms with Gasteiger partial charge in [-0.25, -0.2) is 0 Å². The number of fused-ring (bicyclic) bond motifs is 1. The van der Waals surface area contributed by atoms with Gasteiger partial charge in [-0.2, -0.15) is 0 Å². The van der Waals surface area contributed by atoms with Crippen LogP contribution in [-0.2, 0) is 30.2 Å². The third-order valence-corrected chi connectivity index (χ3v) is 8.09. The molecule has 35 heavy (non-hydrogen) atoms. The van der Waals surface area contributed by atoms with Gasteiger partial charge in [0.05, 0.1) is 25.7 Å². The quantitative estimate of drug-likeness (QED) is 0.315. The van der Waals surface area contributed by atoms with Crippen LogP contribution >= 0.6 is 0 Å². The van der Waals surface area contributed by atoms with Gasteiger partial charge in [-0.15, -0.1) is 0 Å². The van der Waals surface area contributed by atoms with Crippen LogP contribution in [0, 0.1) is 5.92 Å². The Labute approximate surface area is 207 Å². The van der Waals surface area contributed by atoms with Gasteiger partial charge in [-0.1, -0.05) is 11.6 Å². The highest BCUT2D eigenvalue weighted by Gasteiger charge is 2.72. The number of allylic oxidation sites excluding steroid dienone is 1. The number of benzene rings is 1. The lowest BCUT2D eigenvalue weighted by Gasteiger charge is -2.42. The van der Waals surface area contributed by atoms with E-state index in [-0.39, 0.29) is 41.4 Å². The van der Waals surface area contributed by atoms with E-state index in [0.717, 1.165) is 48.1 Å². The Kier molecular flexibility index (Phi) is 6.45. The average Bonchev–Trinajstić information content (AvgIpc) is 3.72. The fourth-order valence-electron chi connectivity index (χ4n) is 6.03. The van der Waals surface area contributed by atoms with Crippen molar-refractivity contribution >= 4 is 16.9 Å². The van der Waals surface area contributed by atoms with Crippen LogP contribution in [-0.4, -0.2) is 61.3 Å². The molecule has 1 unspecified atom stereocenters. The summed E-state index contributed by atoms with van der Waals surface area (Å²) in [5, 5.41) is 1.07. The molecule has 1 aliphatic carbocycles. The lowest BCUT2D eigenvalue weighted by molar-refractivity contribution is -0.171. The highest BCUT2D eigenvalue weighted by molar-refractivity contribution is 5.85. The number of nitrogens with one attached hydrogen (secondary N) is 1. The second kappa shape index (κ2) is 9.26. The summed E-state index contributed by atoms with van der Waals surface area (Å²) in [7, 11) is 3.36. The number of aromatic nitrogens is 1. The summed E-state index contributed by atoms with van der Waals surface area (Å²) in [4.78, 5) is 16.2. The van der Waals surface area contributed by atoms with Crippen molar-refractivity contribution in [3.8, 4) is 5.75 Å². The SMILES string of the molecule is COc1ccc2[nH]cc(CCC(=O)O[C@@H]3CC[C@]4(CO4)[C@@H](C4(C)O[C@@H]4CC=C(C)C)[C@@H]3OC)c2c1. The molecule has 3 aliphatic rings. The Morgan fingerprint density at radius 3 is 2.77 bits per heavy atom. The van der Waals surface area contributed by atoms with Crippen LogP contribution in [0.4, 0.5) is 0 Å². The number of carbonyl (C=O) groups excluding carboxylic acids is 1. The third kappa shape index (κ3) is 4.61. The van der Waals surface area contributed by atoms with E-state index in [1.165, 1.54) is 5.57 Å². The first kappa shape index (κ1) is 24.3. The predicted molar refractivity (Wildman–Crippen MR) is 133 cm³/mol. The third-order valence-electron chi connectivity index (χ3n) is 8.09. The van der Waals surface area contributed by atoms with Crippen molar-refractivity contribution in [3.63, 3.8) is 0 Å². The molecule has 1 aromatic heterocycles. The summed E-state index contributed by atoms with van der Waals surface area (Å²) in [5.41, 5.74) is 2.83. The minimum atomic E-state index is -0.336. The van der Waals surface area contributed by atoms with E-state index >= 15 is 0 Å². The fourth-order valence-corrected chi connectivity index (χ4v) is 6.03. The van der Waals surface area contributed by atoms with E-state index in [0.29, 0.717) is 12.8 Å². The molecule has 190 valence electrons. The van der Waals surface area contributed by atoms with Crippen molar-refractivity contribution in [2.45, 2.75) is 82.4 Å². The van der Waals surface area contributed by atoms with Gasteiger partial charge < -0.3 is 28.7 Å². The van der Waals surface area contributed by atoms with Crippen LogP contribution < -0.4 is 4.74 Å². The molecular weight excluding hydrogens is 446 g/mol. The van der Waals surface area contributed by atoms with E-state index in [4.69, 9.17) is 23.7 Å². The molecule has 1 aromatic carbocycles. The van der Waals surface area contributed by atoms with Gasteiger partial charge in [-0.05, 0) is 70.2 Å². The number of ether oxygens (including phenoxy) is 5. The number of H-pyrrole nitrogens is 1. The van der Waals surface area contributed by atoms with Gasteiger partial charge in [0.1, 0.15) is 29.2 Å². The normalized spacial score (nSPS) is 33.5. The Balaban J connectivity index is 1.25. The van der Waals surface area contributed by atoms with Gasteiger partial charge in [0.2, 0.25) is 0 Å². The van der Waals surface area contributed by atoms with E-state index in [2.05, 4.69) is 31.8 Å². The Morgan fingerprint density at radius 2 is 2.09 bits per heavy atom. The number of epoxide rings is 2. The molecule has 5 rings (SSSR count). The molecule has 0 amide bonds. The molecule has 1 N–H and O–H groups in total. The van der Waals surface area contributed by atoms with Crippen molar-refractivity contribution in [1.29, 1.82) is 0 Å². The number of aryl methyl sites for hydroxylation is 1. The molecule has 0 bridgehead atoms. The second-order valence-corrected chi connectivity index (χ2v) is 10.6. The summed E-state index contributed by atoms with van der Waals surface area (Å²) in [6, 6.07) is 5.91. The van der Waals surface area contributed by atoms with E-state index in [9.17, 15) is 4.79 Å². The predicted octanol–water partition coefficient (Wildman–Crippen LogP) is 4.73. The van der Waals surface area contributed by atoms with E-state index in [1.54, 1.807) is 14.2 Å². The number of aromatic amines is 1. The molecule has 7 heteroatoms. The van der Waals surface area contributed by atoms with Gasteiger partial charge in [0, 0.05) is 30.6 Å². The first-order valence-electron chi connectivity index (χ1n) is 12.6. The van der Waals surface area contributed by atoms with Crippen LogP contribution in [0.5, 0.6) is 5.75 Å². The maximum absolute atomic E-state index is 12.9.